The lowest BCUT2D eigenvalue weighted by molar-refractivity contribution is 0.0904. The third-order valence-corrected chi connectivity index (χ3v) is 4.42. The largest absolute Gasteiger partial charge is 0.508 e. The molecule has 0 aliphatic heterocycles. The maximum absolute atomic E-state index is 12.1. The van der Waals surface area contributed by atoms with Gasteiger partial charge in [-0.15, -0.1) is 0 Å². The quantitative estimate of drug-likeness (QED) is 0.864. The first-order valence-electron chi connectivity index (χ1n) is 7.46. The van der Waals surface area contributed by atoms with Crippen molar-refractivity contribution in [3.63, 3.8) is 0 Å². The zero-order valence-electron chi connectivity index (χ0n) is 12.6. The molecule has 3 heteroatoms. The first kappa shape index (κ1) is 14.9. The standard InChI is InChI=1S/C17H25NO2/c1-17(2,3)13-6-8-14(9-7-13)18-16(20)12-4-10-15(19)11-5-12/h4-5,10-11,13-14,19H,6-9H2,1-3H3,(H,18,20). The molecule has 1 amide bonds. The molecule has 1 aromatic rings. The molecule has 0 bridgehead atoms. The fourth-order valence-corrected chi connectivity index (χ4v) is 2.99. The maximum atomic E-state index is 12.1. The Kier molecular flexibility index (Phi) is 4.36. The highest BCUT2D eigenvalue weighted by Crippen LogP contribution is 2.37. The van der Waals surface area contributed by atoms with E-state index in [1.54, 1.807) is 24.3 Å². The predicted molar refractivity (Wildman–Crippen MR) is 80.8 cm³/mol. The van der Waals surface area contributed by atoms with Gasteiger partial charge in [0.15, 0.2) is 0 Å². The van der Waals surface area contributed by atoms with Crippen molar-refractivity contribution in [1.82, 2.24) is 5.32 Å². The van der Waals surface area contributed by atoms with Crippen LogP contribution < -0.4 is 5.32 Å². The van der Waals surface area contributed by atoms with Gasteiger partial charge in [0.25, 0.3) is 5.91 Å². The SMILES string of the molecule is CC(C)(C)C1CCC(NC(=O)c2ccc(O)cc2)CC1. The van der Waals surface area contributed by atoms with Gasteiger partial charge in [-0.1, -0.05) is 20.8 Å². The Morgan fingerprint density at radius 1 is 1.10 bits per heavy atom. The van der Waals surface area contributed by atoms with E-state index in [4.69, 9.17) is 0 Å². The van der Waals surface area contributed by atoms with Crippen LogP contribution in [0.5, 0.6) is 5.75 Å². The van der Waals surface area contributed by atoms with Crippen molar-refractivity contribution in [3.05, 3.63) is 29.8 Å². The molecule has 2 rings (SSSR count). The fraction of sp³-hybridized carbons (Fsp3) is 0.588. The summed E-state index contributed by atoms with van der Waals surface area (Å²) >= 11 is 0. The number of phenolic OH excluding ortho intramolecular Hbond substituents is 1. The second-order valence-electron chi connectivity index (χ2n) is 6.93. The van der Waals surface area contributed by atoms with E-state index in [1.165, 1.54) is 12.8 Å². The van der Waals surface area contributed by atoms with E-state index in [-0.39, 0.29) is 17.7 Å². The molecule has 0 unspecified atom stereocenters. The predicted octanol–water partition coefficient (Wildman–Crippen LogP) is 3.73. The van der Waals surface area contributed by atoms with Crippen LogP contribution >= 0.6 is 0 Å². The van der Waals surface area contributed by atoms with E-state index < -0.39 is 0 Å². The Bertz CT molecular complexity index is 451. The lowest BCUT2D eigenvalue weighted by Gasteiger charge is -2.37. The molecule has 20 heavy (non-hydrogen) atoms. The van der Waals surface area contributed by atoms with Gasteiger partial charge in [0.05, 0.1) is 0 Å². The lowest BCUT2D eigenvalue weighted by Crippen LogP contribution is -2.39. The molecule has 0 saturated heterocycles. The maximum Gasteiger partial charge on any atom is 0.251 e. The van der Waals surface area contributed by atoms with E-state index in [9.17, 15) is 9.90 Å². The summed E-state index contributed by atoms with van der Waals surface area (Å²) in [5, 5.41) is 12.3. The topological polar surface area (TPSA) is 49.3 Å². The lowest BCUT2D eigenvalue weighted by atomic mass is 9.71. The molecule has 1 aliphatic rings. The van der Waals surface area contributed by atoms with E-state index >= 15 is 0 Å². The number of nitrogens with one attached hydrogen (secondary N) is 1. The molecule has 110 valence electrons. The molecule has 0 atom stereocenters. The number of hydrogen-bond acceptors (Lipinski definition) is 2. The third-order valence-electron chi connectivity index (χ3n) is 4.42. The molecular weight excluding hydrogens is 250 g/mol. The smallest absolute Gasteiger partial charge is 0.251 e. The number of rotatable bonds is 2. The van der Waals surface area contributed by atoms with Gasteiger partial charge in [-0.05, 0) is 61.3 Å². The molecule has 0 spiro atoms. The minimum absolute atomic E-state index is 0.0378. The number of aromatic hydroxyl groups is 1. The van der Waals surface area contributed by atoms with E-state index in [0.29, 0.717) is 11.0 Å². The van der Waals surface area contributed by atoms with Gasteiger partial charge in [0, 0.05) is 11.6 Å². The summed E-state index contributed by atoms with van der Waals surface area (Å²) in [5.74, 6) is 0.903. The number of hydrogen-bond donors (Lipinski definition) is 2. The first-order valence-corrected chi connectivity index (χ1v) is 7.46. The molecule has 0 heterocycles. The van der Waals surface area contributed by atoms with Crippen molar-refractivity contribution >= 4 is 5.91 Å². The summed E-state index contributed by atoms with van der Waals surface area (Å²) in [7, 11) is 0. The third kappa shape index (κ3) is 3.75. The summed E-state index contributed by atoms with van der Waals surface area (Å²) in [5.41, 5.74) is 0.979. The summed E-state index contributed by atoms with van der Waals surface area (Å²) in [6.45, 7) is 6.90. The molecule has 0 aromatic heterocycles. The van der Waals surface area contributed by atoms with E-state index in [2.05, 4.69) is 26.1 Å². The van der Waals surface area contributed by atoms with Gasteiger partial charge < -0.3 is 10.4 Å². The monoisotopic (exact) mass is 275 g/mol. The Balaban J connectivity index is 1.86. The van der Waals surface area contributed by atoms with Crippen molar-refractivity contribution in [3.8, 4) is 5.75 Å². The van der Waals surface area contributed by atoms with Crippen LogP contribution in [0.3, 0.4) is 0 Å². The second-order valence-corrected chi connectivity index (χ2v) is 6.93. The van der Waals surface area contributed by atoms with Crippen molar-refractivity contribution in [2.24, 2.45) is 11.3 Å². The zero-order chi connectivity index (χ0) is 14.8. The highest BCUT2D eigenvalue weighted by Gasteiger charge is 2.30. The minimum atomic E-state index is -0.0378. The summed E-state index contributed by atoms with van der Waals surface area (Å²) in [6, 6.07) is 6.70. The zero-order valence-corrected chi connectivity index (χ0v) is 12.6. The molecule has 2 N–H and O–H groups in total. The van der Waals surface area contributed by atoms with Gasteiger partial charge in [-0.3, -0.25) is 4.79 Å². The Labute approximate surface area is 121 Å². The van der Waals surface area contributed by atoms with E-state index in [1.807, 2.05) is 0 Å². The Morgan fingerprint density at radius 3 is 2.15 bits per heavy atom. The molecule has 0 radical (unpaired) electrons. The van der Waals surface area contributed by atoms with Crippen molar-refractivity contribution in [2.75, 3.05) is 0 Å². The van der Waals surface area contributed by atoms with Crippen LogP contribution in [0.2, 0.25) is 0 Å². The highest BCUT2D eigenvalue weighted by atomic mass is 16.3. The number of carbonyl (C=O) groups excluding carboxylic acids is 1. The van der Waals surface area contributed by atoms with Crippen molar-refractivity contribution in [1.29, 1.82) is 0 Å². The highest BCUT2D eigenvalue weighted by molar-refractivity contribution is 5.94. The average Bonchev–Trinajstić information content (AvgIpc) is 2.39. The van der Waals surface area contributed by atoms with Gasteiger partial charge in [-0.2, -0.15) is 0 Å². The molecule has 1 aromatic carbocycles. The summed E-state index contributed by atoms with van der Waals surface area (Å²) in [6.07, 6.45) is 4.49. The van der Waals surface area contributed by atoms with Crippen LogP contribution in [-0.2, 0) is 0 Å². The van der Waals surface area contributed by atoms with Crippen LogP contribution in [0.1, 0.15) is 56.8 Å². The molecule has 3 nitrogen and oxygen atoms in total. The van der Waals surface area contributed by atoms with Gasteiger partial charge in [0.2, 0.25) is 0 Å². The van der Waals surface area contributed by atoms with Crippen LogP contribution in [0, 0.1) is 11.3 Å². The average molecular weight is 275 g/mol. The van der Waals surface area contributed by atoms with Crippen LogP contribution in [-0.4, -0.2) is 17.1 Å². The van der Waals surface area contributed by atoms with Gasteiger partial charge in [0.1, 0.15) is 5.75 Å². The number of carbonyl (C=O) groups is 1. The molecule has 1 aliphatic carbocycles. The van der Waals surface area contributed by atoms with Crippen LogP contribution in [0.15, 0.2) is 24.3 Å². The number of benzene rings is 1. The van der Waals surface area contributed by atoms with Crippen molar-refractivity contribution < 1.29 is 9.90 Å². The summed E-state index contributed by atoms with van der Waals surface area (Å²) < 4.78 is 0. The Morgan fingerprint density at radius 2 is 1.65 bits per heavy atom. The normalized spacial score (nSPS) is 23.4. The van der Waals surface area contributed by atoms with E-state index in [0.717, 1.165) is 18.8 Å². The van der Waals surface area contributed by atoms with Crippen LogP contribution in [0.25, 0.3) is 0 Å². The molecule has 1 fully saturated rings. The minimum Gasteiger partial charge on any atom is -0.508 e. The molecular formula is C17H25NO2. The number of amides is 1. The second kappa shape index (κ2) is 5.86. The van der Waals surface area contributed by atoms with Crippen LogP contribution in [0.4, 0.5) is 0 Å². The van der Waals surface area contributed by atoms with Gasteiger partial charge in [-0.25, -0.2) is 0 Å². The molecule has 1 saturated carbocycles. The Hall–Kier alpha value is -1.51. The first-order chi connectivity index (χ1) is 9.36. The fourth-order valence-electron chi connectivity index (χ4n) is 2.99. The number of phenols is 1. The van der Waals surface area contributed by atoms with Gasteiger partial charge >= 0.3 is 0 Å². The summed E-state index contributed by atoms with van der Waals surface area (Å²) in [4.78, 5) is 12.1. The van der Waals surface area contributed by atoms with Crippen molar-refractivity contribution in [2.45, 2.75) is 52.5 Å².